The van der Waals surface area contributed by atoms with Crippen molar-refractivity contribution in [2.45, 2.75) is 67.7 Å². The Labute approximate surface area is 280 Å². The van der Waals surface area contributed by atoms with E-state index in [0.29, 0.717) is 36.9 Å². The number of nitrogens with one attached hydrogen (secondary N) is 3. The molecule has 0 bridgehead atoms. The number of urea groups is 1. The summed E-state index contributed by atoms with van der Waals surface area (Å²) >= 11 is 0.892. The number of hydrogen-bond donors (Lipinski definition) is 3. The molecule has 0 radical (unpaired) electrons. The van der Waals surface area contributed by atoms with Crippen LogP contribution in [0.25, 0.3) is 11.4 Å². The Morgan fingerprint density at radius 2 is 1.71 bits per heavy atom. The molecule has 0 aliphatic carbocycles. The summed E-state index contributed by atoms with van der Waals surface area (Å²) in [7, 11) is 1.88. The van der Waals surface area contributed by atoms with Crippen molar-refractivity contribution in [2.75, 3.05) is 41.8 Å². The molecule has 6 rings (SSSR count). The fourth-order valence-electron chi connectivity index (χ4n) is 5.78. The Balaban J connectivity index is 1.02. The van der Waals surface area contributed by atoms with Gasteiger partial charge in [-0.25, -0.2) is 14.8 Å². The van der Waals surface area contributed by atoms with Crippen LogP contribution in [-0.4, -0.2) is 74.4 Å². The molecular weight excluding hydrogens is 645 g/mol. The number of aryl methyl sites for hydroxylation is 1. The molecule has 0 saturated carbocycles. The molecule has 0 atom stereocenters. The van der Waals surface area contributed by atoms with Gasteiger partial charge < -0.3 is 25.6 Å². The number of hydrogen-bond acceptors (Lipinski definition) is 10. The lowest BCUT2D eigenvalue weighted by molar-refractivity contribution is -0.140. The number of benzene rings is 1. The van der Waals surface area contributed by atoms with Crippen LogP contribution < -0.4 is 20.9 Å². The largest absolute Gasteiger partial charge is 0.420 e. The summed E-state index contributed by atoms with van der Waals surface area (Å²) in [5.41, 5.74) is 3.45. The molecule has 1 aromatic carbocycles. The average Bonchev–Trinajstić information content (AvgIpc) is 3.49. The summed E-state index contributed by atoms with van der Waals surface area (Å²) in [5, 5.41) is 22.1. The van der Waals surface area contributed by atoms with E-state index in [1.807, 2.05) is 27.0 Å². The maximum Gasteiger partial charge on any atom is 0.420 e. The number of aromatic nitrogens is 6. The van der Waals surface area contributed by atoms with Gasteiger partial charge in [0, 0.05) is 68.4 Å². The molecule has 4 aromatic rings. The number of halogens is 3. The van der Waals surface area contributed by atoms with E-state index in [4.69, 9.17) is 4.74 Å². The van der Waals surface area contributed by atoms with E-state index in [0.717, 1.165) is 72.0 Å². The standard InChI is InChI=1S/C32H37F3N10O2S/c1-19-20(2)28(43-42-27(19)26-8-13-37-44(26)3)45-14-9-22(10-15-45)40-31(46)39-21-4-6-24(7-5-21)48-29-25(32(33,34)35)18-36-30(41-29)38-23-11-16-47-17-12-23/h4-8,13,18,22-23H,9-12,14-17H2,1-3H3,(H,36,38,41)(H2,39,40,46). The van der Waals surface area contributed by atoms with Gasteiger partial charge in [-0.15, -0.1) is 10.2 Å². The topological polar surface area (TPSA) is 135 Å². The van der Waals surface area contributed by atoms with Crippen molar-refractivity contribution in [1.29, 1.82) is 0 Å². The third kappa shape index (κ3) is 7.81. The van der Waals surface area contributed by atoms with Crippen LogP contribution in [0, 0.1) is 13.8 Å². The molecule has 48 heavy (non-hydrogen) atoms. The molecule has 2 amide bonds. The quantitative estimate of drug-likeness (QED) is 0.195. The maximum atomic E-state index is 13.8. The van der Waals surface area contributed by atoms with Gasteiger partial charge in [0.2, 0.25) is 5.95 Å². The highest BCUT2D eigenvalue weighted by molar-refractivity contribution is 7.99. The molecule has 2 aliphatic rings. The Kier molecular flexibility index (Phi) is 10.0. The average molecular weight is 683 g/mol. The van der Waals surface area contributed by atoms with Gasteiger partial charge in [-0.05, 0) is 81.0 Å². The van der Waals surface area contributed by atoms with Gasteiger partial charge in [0.1, 0.15) is 16.3 Å². The van der Waals surface area contributed by atoms with E-state index < -0.39 is 11.7 Å². The van der Waals surface area contributed by atoms with Crippen molar-refractivity contribution in [3.05, 3.63) is 59.4 Å². The van der Waals surface area contributed by atoms with Crippen LogP contribution in [-0.2, 0) is 18.0 Å². The van der Waals surface area contributed by atoms with E-state index in [9.17, 15) is 18.0 Å². The number of amides is 2. The lowest BCUT2D eigenvalue weighted by Gasteiger charge is -2.34. The van der Waals surface area contributed by atoms with E-state index in [-0.39, 0.29) is 29.1 Å². The van der Waals surface area contributed by atoms with Crippen molar-refractivity contribution in [3.8, 4) is 11.4 Å². The molecule has 3 aromatic heterocycles. The SMILES string of the molecule is Cc1c(-c2ccnn2C)nnc(N2CCC(NC(=O)Nc3ccc(Sc4nc(NC5CCOCC5)ncc4C(F)(F)F)cc3)CC2)c1C. The van der Waals surface area contributed by atoms with Crippen LogP contribution in [0.5, 0.6) is 0 Å². The van der Waals surface area contributed by atoms with Crippen molar-refractivity contribution in [3.63, 3.8) is 0 Å². The zero-order valence-electron chi connectivity index (χ0n) is 26.8. The lowest BCUT2D eigenvalue weighted by Crippen LogP contribution is -2.46. The highest BCUT2D eigenvalue weighted by Crippen LogP contribution is 2.39. The normalized spacial score (nSPS) is 16.2. The minimum absolute atomic E-state index is 0.0262. The highest BCUT2D eigenvalue weighted by Gasteiger charge is 2.35. The Morgan fingerprint density at radius 1 is 0.979 bits per heavy atom. The maximum absolute atomic E-state index is 13.8. The summed E-state index contributed by atoms with van der Waals surface area (Å²) in [6, 6.07) is 8.19. The number of nitrogens with zero attached hydrogens (tertiary/aromatic N) is 7. The second-order valence-electron chi connectivity index (χ2n) is 11.9. The second-order valence-corrected chi connectivity index (χ2v) is 13.0. The highest BCUT2D eigenvalue weighted by atomic mass is 32.2. The molecule has 0 unspecified atom stereocenters. The third-order valence-corrected chi connectivity index (χ3v) is 9.64. The van der Waals surface area contributed by atoms with Gasteiger partial charge >= 0.3 is 12.2 Å². The summed E-state index contributed by atoms with van der Waals surface area (Å²) in [5.74, 6) is 0.991. The Morgan fingerprint density at radius 3 is 2.38 bits per heavy atom. The van der Waals surface area contributed by atoms with Gasteiger partial charge in [0.05, 0.1) is 5.69 Å². The monoisotopic (exact) mass is 682 g/mol. The molecule has 2 saturated heterocycles. The summed E-state index contributed by atoms with van der Waals surface area (Å²) in [6.45, 7) is 6.68. The first kappa shape index (κ1) is 33.5. The molecule has 0 spiro atoms. The fourth-order valence-corrected chi connectivity index (χ4v) is 6.69. The van der Waals surface area contributed by atoms with Crippen molar-refractivity contribution >= 4 is 35.2 Å². The zero-order chi connectivity index (χ0) is 33.8. The first-order valence-corrected chi connectivity index (χ1v) is 16.6. The van der Waals surface area contributed by atoms with Gasteiger partial charge in [-0.1, -0.05) is 11.8 Å². The van der Waals surface area contributed by atoms with Crippen LogP contribution in [0.15, 0.2) is 52.6 Å². The molecule has 2 fully saturated rings. The molecule has 12 nitrogen and oxygen atoms in total. The zero-order valence-corrected chi connectivity index (χ0v) is 27.7. The van der Waals surface area contributed by atoms with E-state index in [2.05, 4.69) is 46.1 Å². The van der Waals surface area contributed by atoms with Crippen LogP contribution >= 0.6 is 11.8 Å². The number of rotatable bonds is 8. The van der Waals surface area contributed by atoms with Crippen LogP contribution in [0.1, 0.15) is 42.4 Å². The van der Waals surface area contributed by atoms with Gasteiger partial charge in [-0.2, -0.15) is 18.3 Å². The summed E-state index contributed by atoms with van der Waals surface area (Å²) < 4.78 is 48.4. The van der Waals surface area contributed by atoms with Crippen molar-refractivity contribution in [1.82, 2.24) is 35.3 Å². The summed E-state index contributed by atoms with van der Waals surface area (Å²) in [4.78, 5) is 23.7. The predicted molar refractivity (Wildman–Crippen MR) is 176 cm³/mol. The number of carbonyl (C=O) groups is 1. The van der Waals surface area contributed by atoms with Crippen molar-refractivity contribution < 1.29 is 22.7 Å². The molecular formula is C32H37F3N10O2S. The van der Waals surface area contributed by atoms with Gasteiger partial charge in [0.15, 0.2) is 5.82 Å². The number of alkyl halides is 3. The molecule has 2 aliphatic heterocycles. The Hall–Kier alpha value is -4.44. The van der Waals surface area contributed by atoms with E-state index in [1.54, 1.807) is 35.1 Å². The number of piperidine rings is 1. The first-order chi connectivity index (χ1) is 23.0. The van der Waals surface area contributed by atoms with E-state index >= 15 is 0 Å². The first-order valence-electron chi connectivity index (χ1n) is 15.8. The minimum Gasteiger partial charge on any atom is -0.381 e. The molecule has 5 heterocycles. The number of carbonyl (C=O) groups excluding carboxylic acids is 1. The Bertz CT molecular complexity index is 1740. The van der Waals surface area contributed by atoms with Crippen molar-refractivity contribution in [2.24, 2.45) is 7.05 Å². The molecule has 254 valence electrons. The molecule has 3 N–H and O–H groups in total. The number of anilines is 3. The smallest absolute Gasteiger partial charge is 0.381 e. The van der Waals surface area contributed by atoms with Crippen LogP contribution in [0.4, 0.5) is 35.4 Å². The lowest BCUT2D eigenvalue weighted by atomic mass is 10.0. The summed E-state index contributed by atoms with van der Waals surface area (Å²) in [6.07, 6.45) is 0.872. The fraction of sp³-hybridized carbons (Fsp3) is 0.438. The van der Waals surface area contributed by atoms with Gasteiger partial charge in [0.25, 0.3) is 0 Å². The minimum atomic E-state index is -4.61. The third-order valence-electron chi connectivity index (χ3n) is 8.63. The van der Waals surface area contributed by atoms with E-state index in [1.165, 1.54) is 0 Å². The van der Waals surface area contributed by atoms with Crippen LogP contribution in [0.2, 0.25) is 0 Å². The number of ether oxygens (including phenoxy) is 1. The van der Waals surface area contributed by atoms with Gasteiger partial charge in [-0.3, -0.25) is 4.68 Å². The molecule has 16 heteroatoms. The predicted octanol–water partition coefficient (Wildman–Crippen LogP) is 5.84. The second kappa shape index (κ2) is 14.4. The van der Waals surface area contributed by atoms with Crippen LogP contribution in [0.3, 0.4) is 0 Å².